The summed E-state index contributed by atoms with van der Waals surface area (Å²) in [7, 11) is 1.88. The van der Waals surface area contributed by atoms with E-state index >= 15 is 0 Å². The third kappa shape index (κ3) is 2.89. The zero-order valence-corrected chi connectivity index (χ0v) is 12.4. The first-order valence-corrected chi connectivity index (χ1v) is 7.47. The first kappa shape index (κ1) is 14.0. The number of aromatic nitrogens is 1. The largest absolute Gasteiger partial charge is 0.487 e. The quantitative estimate of drug-likeness (QED) is 0.779. The number of nitrogens with zero attached hydrogens (tertiary/aromatic N) is 1. The van der Waals surface area contributed by atoms with Crippen LogP contribution in [-0.2, 0) is 13.2 Å². The summed E-state index contributed by atoms with van der Waals surface area (Å²) < 4.78 is 20.8. The molecule has 1 aromatic carbocycles. The number of pyridine rings is 1. The molecule has 3 nitrogen and oxygen atoms in total. The molecule has 108 valence electrons. The molecule has 2 heterocycles. The van der Waals surface area contributed by atoms with E-state index in [1.807, 2.05) is 25.2 Å². The van der Waals surface area contributed by atoms with E-state index in [9.17, 15) is 4.39 Å². The summed E-state index contributed by atoms with van der Waals surface area (Å²) in [5.41, 5.74) is 0.909. The lowest BCUT2D eigenvalue weighted by molar-refractivity contribution is 0.305. The summed E-state index contributed by atoms with van der Waals surface area (Å²) in [6.45, 7) is 1.04. The smallest absolute Gasteiger partial charge is 0.138 e. The molecule has 0 saturated heterocycles. The predicted octanol–water partition coefficient (Wildman–Crippen LogP) is 3.73. The minimum atomic E-state index is -0.198. The molecule has 0 fully saturated rings. The molecule has 5 heteroatoms. The van der Waals surface area contributed by atoms with Crippen molar-refractivity contribution in [1.82, 2.24) is 10.3 Å². The summed E-state index contributed by atoms with van der Waals surface area (Å²) in [5.74, 6) is 0.486. The highest BCUT2D eigenvalue weighted by molar-refractivity contribution is 7.19. The summed E-state index contributed by atoms with van der Waals surface area (Å²) in [6, 6.07) is 8.83. The van der Waals surface area contributed by atoms with Crippen LogP contribution in [0.2, 0.25) is 0 Å². The molecule has 0 aliphatic rings. The van der Waals surface area contributed by atoms with E-state index in [-0.39, 0.29) is 5.82 Å². The zero-order chi connectivity index (χ0) is 14.7. The summed E-state index contributed by atoms with van der Waals surface area (Å²) in [6.07, 6.45) is 3.35. The Morgan fingerprint density at radius 2 is 2.19 bits per heavy atom. The summed E-state index contributed by atoms with van der Waals surface area (Å²) in [4.78, 5) is 5.11. The van der Waals surface area contributed by atoms with Crippen LogP contribution in [0.25, 0.3) is 10.1 Å². The first-order chi connectivity index (χ1) is 10.3. The first-order valence-electron chi connectivity index (χ1n) is 6.66. The number of thiophene rings is 1. The predicted molar refractivity (Wildman–Crippen MR) is 83.1 cm³/mol. The number of hydrogen-bond acceptors (Lipinski definition) is 4. The van der Waals surface area contributed by atoms with Crippen molar-refractivity contribution in [3.63, 3.8) is 0 Å². The van der Waals surface area contributed by atoms with E-state index in [2.05, 4.69) is 10.3 Å². The number of rotatable bonds is 5. The van der Waals surface area contributed by atoms with Gasteiger partial charge >= 0.3 is 0 Å². The fraction of sp³-hybridized carbons (Fsp3) is 0.188. The third-order valence-corrected chi connectivity index (χ3v) is 4.40. The molecule has 2 aromatic heterocycles. The Hall–Kier alpha value is -1.98. The van der Waals surface area contributed by atoms with Crippen molar-refractivity contribution in [1.29, 1.82) is 0 Å². The van der Waals surface area contributed by atoms with E-state index in [0.29, 0.717) is 24.3 Å². The van der Waals surface area contributed by atoms with Gasteiger partial charge in [-0.3, -0.25) is 4.98 Å². The lowest BCUT2D eigenvalue weighted by Crippen LogP contribution is -2.07. The fourth-order valence-corrected chi connectivity index (χ4v) is 3.50. The number of nitrogens with one attached hydrogen (secondary N) is 1. The van der Waals surface area contributed by atoms with Gasteiger partial charge < -0.3 is 10.1 Å². The average molecular weight is 302 g/mol. The Balaban J connectivity index is 1.97. The number of fused-ring (bicyclic) bond motifs is 1. The van der Waals surface area contributed by atoms with Gasteiger partial charge in [0.2, 0.25) is 0 Å². The maximum atomic E-state index is 14.1. The highest BCUT2D eigenvalue weighted by Crippen LogP contribution is 2.34. The van der Waals surface area contributed by atoms with Gasteiger partial charge in [0.1, 0.15) is 18.2 Å². The van der Waals surface area contributed by atoms with Crippen molar-refractivity contribution in [3.8, 4) is 5.75 Å². The van der Waals surface area contributed by atoms with Crippen LogP contribution in [0.3, 0.4) is 0 Å². The van der Waals surface area contributed by atoms with Crippen LogP contribution in [0, 0.1) is 5.82 Å². The average Bonchev–Trinajstić information content (AvgIpc) is 2.85. The fourth-order valence-electron chi connectivity index (χ4n) is 2.26. The molecule has 0 unspecified atom stereocenters. The van der Waals surface area contributed by atoms with Crippen LogP contribution < -0.4 is 10.1 Å². The maximum Gasteiger partial charge on any atom is 0.138 e. The van der Waals surface area contributed by atoms with E-state index in [4.69, 9.17) is 4.74 Å². The highest BCUT2D eigenvalue weighted by Gasteiger charge is 2.15. The Labute approximate surface area is 126 Å². The minimum absolute atomic E-state index is 0.198. The van der Waals surface area contributed by atoms with Crippen molar-refractivity contribution < 1.29 is 9.13 Å². The molecule has 0 atom stereocenters. The standard InChI is InChI=1S/C16H15FN2OS/c1-18-9-15-12(10-20-11-4-3-7-19-8-11)16-13(17)5-2-6-14(16)21-15/h2-8,18H,9-10H2,1H3. The number of ether oxygens (including phenoxy) is 1. The molecule has 3 rings (SSSR count). The van der Waals surface area contributed by atoms with E-state index in [0.717, 1.165) is 15.1 Å². The monoisotopic (exact) mass is 302 g/mol. The van der Waals surface area contributed by atoms with Gasteiger partial charge in [0, 0.05) is 33.3 Å². The Morgan fingerprint density at radius 3 is 2.95 bits per heavy atom. The van der Waals surface area contributed by atoms with E-state index < -0.39 is 0 Å². The Morgan fingerprint density at radius 1 is 1.29 bits per heavy atom. The summed E-state index contributed by atoms with van der Waals surface area (Å²) >= 11 is 1.60. The second-order valence-corrected chi connectivity index (χ2v) is 5.76. The molecule has 0 spiro atoms. The lowest BCUT2D eigenvalue weighted by Gasteiger charge is -2.08. The van der Waals surface area contributed by atoms with Gasteiger partial charge in [-0.1, -0.05) is 6.07 Å². The van der Waals surface area contributed by atoms with E-state index in [1.54, 1.807) is 29.8 Å². The van der Waals surface area contributed by atoms with Crippen LogP contribution >= 0.6 is 11.3 Å². The van der Waals surface area contributed by atoms with Crippen LogP contribution in [0.5, 0.6) is 5.75 Å². The SMILES string of the molecule is CNCc1sc2cccc(F)c2c1COc1cccnc1. The van der Waals surface area contributed by atoms with Crippen molar-refractivity contribution in [2.75, 3.05) is 7.05 Å². The van der Waals surface area contributed by atoms with Crippen molar-refractivity contribution >= 4 is 21.4 Å². The molecule has 0 amide bonds. The third-order valence-electron chi connectivity index (χ3n) is 3.20. The normalized spacial score (nSPS) is 11.0. The van der Waals surface area contributed by atoms with Crippen LogP contribution in [0.4, 0.5) is 4.39 Å². The Kier molecular flexibility index (Phi) is 4.13. The van der Waals surface area contributed by atoms with Crippen molar-refractivity contribution in [3.05, 3.63) is 59.0 Å². The molecule has 21 heavy (non-hydrogen) atoms. The van der Waals surface area contributed by atoms with Crippen LogP contribution in [0.15, 0.2) is 42.7 Å². The van der Waals surface area contributed by atoms with E-state index in [1.165, 1.54) is 6.07 Å². The van der Waals surface area contributed by atoms with Crippen LogP contribution in [0.1, 0.15) is 10.4 Å². The topological polar surface area (TPSA) is 34.1 Å². The zero-order valence-electron chi connectivity index (χ0n) is 11.6. The van der Waals surface area contributed by atoms with Gasteiger partial charge in [-0.15, -0.1) is 11.3 Å². The number of halogens is 1. The number of benzene rings is 1. The van der Waals surface area contributed by atoms with Gasteiger partial charge in [-0.25, -0.2) is 4.39 Å². The maximum absolute atomic E-state index is 14.1. The molecule has 0 bridgehead atoms. The van der Waals surface area contributed by atoms with Gasteiger partial charge in [-0.05, 0) is 31.3 Å². The van der Waals surface area contributed by atoms with Gasteiger partial charge in [0.05, 0.1) is 6.20 Å². The lowest BCUT2D eigenvalue weighted by atomic mass is 10.1. The molecular weight excluding hydrogens is 287 g/mol. The second kappa shape index (κ2) is 6.20. The minimum Gasteiger partial charge on any atom is -0.487 e. The molecule has 0 radical (unpaired) electrons. The highest BCUT2D eigenvalue weighted by atomic mass is 32.1. The van der Waals surface area contributed by atoms with Crippen molar-refractivity contribution in [2.24, 2.45) is 0 Å². The van der Waals surface area contributed by atoms with Gasteiger partial charge in [-0.2, -0.15) is 0 Å². The number of hydrogen-bond donors (Lipinski definition) is 1. The molecule has 0 aliphatic carbocycles. The van der Waals surface area contributed by atoms with Crippen LogP contribution in [-0.4, -0.2) is 12.0 Å². The second-order valence-electron chi connectivity index (χ2n) is 4.62. The molecular formula is C16H15FN2OS. The summed E-state index contributed by atoms with van der Waals surface area (Å²) in [5, 5.41) is 3.79. The van der Waals surface area contributed by atoms with Gasteiger partial charge in [0.25, 0.3) is 0 Å². The van der Waals surface area contributed by atoms with Crippen molar-refractivity contribution in [2.45, 2.75) is 13.2 Å². The van der Waals surface area contributed by atoms with Gasteiger partial charge in [0.15, 0.2) is 0 Å². The molecule has 3 aromatic rings. The molecule has 1 N–H and O–H groups in total. The Bertz CT molecular complexity index is 743. The molecule has 0 aliphatic heterocycles. The molecule has 0 saturated carbocycles.